The molecule has 3 aromatic rings. The molecule has 1 unspecified atom stereocenters. The van der Waals surface area contributed by atoms with E-state index in [2.05, 4.69) is 24.5 Å². The van der Waals surface area contributed by atoms with Gasteiger partial charge < -0.3 is 15.2 Å². The third-order valence-electron chi connectivity index (χ3n) is 5.12. The van der Waals surface area contributed by atoms with E-state index in [0.29, 0.717) is 29.9 Å². The lowest BCUT2D eigenvalue weighted by atomic mass is 9.97. The summed E-state index contributed by atoms with van der Waals surface area (Å²) in [5.74, 6) is -0.109. The molecule has 5 rings (SSSR count). The van der Waals surface area contributed by atoms with Gasteiger partial charge >= 0.3 is 6.29 Å². The summed E-state index contributed by atoms with van der Waals surface area (Å²) in [6.45, 7) is 0.706. The molecule has 1 fully saturated rings. The van der Waals surface area contributed by atoms with Crippen molar-refractivity contribution in [3.8, 4) is 11.5 Å². The Kier molecular flexibility index (Phi) is 3.95. The van der Waals surface area contributed by atoms with Gasteiger partial charge in [-0.15, -0.1) is 13.9 Å². The van der Waals surface area contributed by atoms with Gasteiger partial charge in [0.25, 0.3) is 6.43 Å². The number of nitrogens with zero attached hydrogens (tertiary/aromatic N) is 5. The Labute approximate surface area is 161 Å². The van der Waals surface area contributed by atoms with Crippen LogP contribution in [-0.2, 0) is 0 Å². The van der Waals surface area contributed by atoms with E-state index in [1.54, 1.807) is 4.90 Å². The summed E-state index contributed by atoms with van der Waals surface area (Å²) in [6.07, 6.45) is -4.70. The van der Waals surface area contributed by atoms with Crippen molar-refractivity contribution in [3.05, 3.63) is 18.0 Å². The highest BCUT2D eigenvalue weighted by molar-refractivity contribution is 5.97. The fraction of sp³-hybridized carbons (Fsp3) is 0.471. The first-order chi connectivity index (χ1) is 13.8. The molecule has 2 aliphatic rings. The molecule has 12 heteroatoms. The minimum atomic E-state index is -3.78. The van der Waals surface area contributed by atoms with Crippen LogP contribution in [0.1, 0.15) is 24.6 Å². The molecular formula is C17H16F4N6O2. The molecule has 0 radical (unpaired) electrons. The van der Waals surface area contributed by atoms with Gasteiger partial charge in [-0.1, -0.05) is 0 Å². The van der Waals surface area contributed by atoms with Crippen molar-refractivity contribution in [2.75, 3.05) is 25.4 Å². The number of aromatic nitrogens is 4. The van der Waals surface area contributed by atoms with Crippen LogP contribution in [0.15, 0.2) is 12.1 Å². The minimum absolute atomic E-state index is 0.0567. The van der Waals surface area contributed by atoms with Gasteiger partial charge in [-0.3, -0.25) is 4.90 Å². The Balaban J connectivity index is 1.57. The number of hydrogen-bond acceptors (Lipinski definition) is 7. The third-order valence-corrected chi connectivity index (χ3v) is 5.12. The van der Waals surface area contributed by atoms with Crippen LogP contribution in [0.5, 0.6) is 11.5 Å². The Morgan fingerprint density at radius 3 is 2.86 bits per heavy atom. The molecule has 4 heterocycles. The molecule has 29 heavy (non-hydrogen) atoms. The minimum Gasteiger partial charge on any atom is -0.395 e. The number of likely N-dealkylation sites (tertiary alicyclic amines) is 1. The second kappa shape index (κ2) is 6.31. The van der Waals surface area contributed by atoms with E-state index in [1.807, 2.05) is 0 Å². The van der Waals surface area contributed by atoms with E-state index in [9.17, 15) is 17.6 Å². The van der Waals surface area contributed by atoms with Crippen LogP contribution in [0, 0.1) is 0 Å². The lowest BCUT2D eigenvalue weighted by Gasteiger charge is -2.30. The van der Waals surface area contributed by atoms with Gasteiger partial charge in [0, 0.05) is 17.8 Å². The van der Waals surface area contributed by atoms with E-state index in [0.717, 1.165) is 12.8 Å². The topological polar surface area (TPSA) is 90.8 Å². The predicted molar refractivity (Wildman–Crippen MR) is 93.3 cm³/mol. The van der Waals surface area contributed by atoms with E-state index in [4.69, 9.17) is 5.73 Å². The van der Waals surface area contributed by atoms with Gasteiger partial charge in [-0.05, 0) is 31.5 Å². The first-order valence-electron chi connectivity index (χ1n) is 9.06. The zero-order valence-corrected chi connectivity index (χ0v) is 15.0. The lowest BCUT2D eigenvalue weighted by molar-refractivity contribution is -0.286. The standard InChI is InChI=1S/C17H16F4N6O2/c18-11(19)7-26-5-1-2-8(6-26)14-24-15-9-3-4-10-13(29-17(20,21)28-10)12(9)23-16(22)27(15)25-14/h3-4,8,11H,1-2,5-7H2,(H2,22,23). The summed E-state index contributed by atoms with van der Waals surface area (Å²) >= 11 is 0. The average molecular weight is 412 g/mol. The SMILES string of the molecule is Nc1nc2c3c(ccc2c2nc(C4CCCN(CC(F)F)C4)nn12)OC(F)(F)O3. The first kappa shape index (κ1) is 18.2. The summed E-state index contributed by atoms with van der Waals surface area (Å²) in [7, 11) is 0. The number of halogens is 4. The molecule has 2 aliphatic heterocycles. The number of benzene rings is 1. The van der Waals surface area contributed by atoms with Gasteiger partial charge in [0.1, 0.15) is 5.52 Å². The number of ether oxygens (including phenoxy) is 2. The second-order valence-electron chi connectivity index (χ2n) is 7.12. The number of alkyl halides is 4. The monoisotopic (exact) mass is 412 g/mol. The highest BCUT2D eigenvalue weighted by Crippen LogP contribution is 2.45. The van der Waals surface area contributed by atoms with Crippen LogP contribution in [0.2, 0.25) is 0 Å². The largest absolute Gasteiger partial charge is 0.586 e. The zero-order chi connectivity index (χ0) is 20.3. The Bertz CT molecular complexity index is 1100. The van der Waals surface area contributed by atoms with Gasteiger partial charge in [-0.25, -0.2) is 18.7 Å². The van der Waals surface area contributed by atoms with E-state index >= 15 is 0 Å². The van der Waals surface area contributed by atoms with E-state index in [-0.39, 0.29) is 35.4 Å². The van der Waals surface area contributed by atoms with Crippen molar-refractivity contribution in [3.63, 3.8) is 0 Å². The maximum atomic E-state index is 13.5. The van der Waals surface area contributed by atoms with Crippen LogP contribution in [-0.4, -0.2) is 56.8 Å². The van der Waals surface area contributed by atoms with Crippen LogP contribution < -0.4 is 15.2 Å². The third kappa shape index (κ3) is 3.07. The lowest BCUT2D eigenvalue weighted by Crippen LogP contribution is -2.37. The molecule has 2 N–H and O–H groups in total. The van der Waals surface area contributed by atoms with Crippen LogP contribution in [0.4, 0.5) is 23.5 Å². The molecule has 1 aromatic carbocycles. The van der Waals surface area contributed by atoms with Crippen molar-refractivity contribution in [1.82, 2.24) is 24.5 Å². The van der Waals surface area contributed by atoms with Crippen LogP contribution in [0.3, 0.4) is 0 Å². The quantitative estimate of drug-likeness (QED) is 0.662. The number of nitrogens with two attached hydrogens (primary N) is 1. The predicted octanol–water partition coefficient (Wildman–Crippen LogP) is 2.63. The molecule has 0 aliphatic carbocycles. The number of hydrogen-bond donors (Lipinski definition) is 1. The number of anilines is 1. The summed E-state index contributed by atoms with van der Waals surface area (Å²) < 4.78 is 62.7. The normalized spacial score (nSPS) is 21.5. The molecule has 2 aromatic heterocycles. The van der Waals surface area contributed by atoms with Crippen molar-refractivity contribution in [2.24, 2.45) is 0 Å². The molecule has 1 saturated heterocycles. The van der Waals surface area contributed by atoms with Crippen LogP contribution >= 0.6 is 0 Å². The summed E-state index contributed by atoms with van der Waals surface area (Å²) in [4.78, 5) is 10.4. The zero-order valence-electron chi connectivity index (χ0n) is 15.0. The fourth-order valence-electron chi connectivity index (χ4n) is 3.91. The van der Waals surface area contributed by atoms with Gasteiger partial charge in [0.05, 0.1) is 6.54 Å². The maximum absolute atomic E-state index is 13.5. The molecular weight excluding hydrogens is 396 g/mol. The second-order valence-corrected chi connectivity index (χ2v) is 7.12. The van der Waals surface area contributed by atoms with E-state index in [1.165, 1.54) is 16.6 Å². The maximum Gasteiger partial charge on any atom is 0.586 e. The summed E-state index contributed by atoms with van der Waals surface area (Å²) in [5, 5.41) is 4.82. The molecule has 0 spiro atoms. The fourth-order valence-corrected chi connectivity index (χ4v) is 3.91. The number of rotatable bonds is 3. The Hall–Kier alpha value is -2.89. The molecule has 8 nitrogen and oxygen atoms in total. The van der Waals surface area contributed by atoms with Crippen molar-refractivity contribution >= 4 is 22.5 Å². The summed E-state index contributed by atoms with van der Waals surface area (Å²) in [5.41, 5.74) is 6.39. The van der Waals surface area contributed by atoms with Crippen molar-refractivity contribution < 1.29 is 27.0 Å². The van der Waals surface area contributed by atoms with Crippen LogP contribution in [0.25, 0.3) is 16.6 Å². The molecule has 0 amide bonds. The first-order valence-corrected chi connectivity index (χ1v) is 9.06. The smallest absolute Gasteiger partial charge is 0.395 e. The number of piperidine rings is 1. The van der Waals surface area contributed by atoms with Gasteiger partial charge in [0.15, 0.2) is 23.0 Å². The Morgan fingerprint density at radius 1 is 1.24 bits per heavy atom. The number of nitrogen functional groups attached to an aromatic ring is 1. The van der Waals surface area contributed by atoms with Crippen molar-refractivity contribution in [1.29, 1.82) is 0 Å². The van der Waals surface area contributed by atoms with Gasteiger partial charge in [-0.2, -0.15) is 4.52 Å². The van der Waals surface area contributed by atoms with E-state index < -0.39 is 12.7 Å². The summed E-state index contributed by atoms with van der Waals surface area (Å²) in [6, 6.07) is 2.87. The highest BCUT2D eigenvalue weighted by Gasteiger charge is 2.45. The van der Waals surface area contributed by atoms with Gasteiger partial charge in [0.2, 0.25) is 5.95 Å². The molecule has 0 bridgehead atoms. The molecule has 1 atom stereocenters. The van der Waals surface area contributed by atoms with Crippen molar-refractivity contribution in [2.45, 2.75) is 31.5 Å². The Morgan fingerprint density at radius 2 is 2.07 bits per heavy atom. The molecule has 0 saturated carbocycles. The highest BCUT2D eigenvalue weighted by atomic mass is 19.3. The molecule has 154 valence electrons. The average Bonchev–Trinajstić information content (AvgIpc) is 3.22. The number of fused-ring (bicyclic) bond motifs is 5.